The zero-order valence-corrected chi connectivity index (χ0v) is 18.6. The van der Waals surface area contributed by atoms with Crippen molar-refractivity contribution in [2.24, 2.45) is 13.7 Å². The molecular weight excluding hydrogens is 397 g/mol. The van der Waals surface area contributed by atoms with E-state index >= 15 is 0 Å². The molecule has 0 N–H and O–H groups in total. The summed E-state index contributed by atoms with van der Waals surface area (Å²) >= 11 is 0. The first-order valence-electron chi connectivity index (χ1n) is 10.7. The SMILES string of the molecule is Cc1c2ccccc2cc2oc3cc4c5ccccc5[p+](C)c4c4ccn(C)c(c12)c34. The van der Waals surface area contributed by atoms with E-state index in [2.05, 4.69) is 98.1 Å². The largest absolute Gasteiger partial charge is 0.456 e. The van der Waals surface area contributed by atoms with Gasteiger partial charge in [0.1, 0.15) is 25.4 Å². The summed E-state index contributed by atoms with van der Waals surface area (Å²) in [5, 5.41) is 12.0. The summed E-state index contributed by atoms with van der Waals surface area (Å²) < 4.78 is 8.93. The second-order valence-corrected chi connectivity index (χ2v) is 10.7. The Morgan fingerprint density at radius 1 is 0.774 bits per heavy atom. The molecule has 7 rings (SSSR count). The molecule has 0 spiro atoms. The maximum Gasteiger partial charge on any atom is 0.165 e. The fourth-order valence-electron chi connectivity index (χ4n) is 5.56. The van der Waals surface area contributed by atoms with E-state index in [0.717, 1.165) is 11.2 Å². The molecular formula is C28H21NOP+. The van der Waals surface area contributed by atoms with Gasteiger partial charge in [-0.2, -0.15) is 0 Å². The topological polar surface area (TPSA) is 18.1 Å². The van der Waals surface area contributed by atoms with E-state index in [9.17, 15) is 0 Å². The van der Waals surface area contributed by atoms with E-state index in [-0.39, 0.29) is 7.53 Å². The first kappa shape index (κ1) is 17.3. The molecule has 4 aromatic carbocycles. The van der Waals surface area contributed by atoms with Gasteiger partial charge in [0, 0.05) is 34.8 Å². The minimum atomic E-state index is -0.380. The molecule has 0 amide bonds. The predicted molar refractivity (Wildman–Crippen MR) is 136 cm³/mol. The summed E-state index contributed by atoms with van der Waals surface area (Å²) in [6, 6.07) is 24.2. The molecule has 148 valence electrons. The zero-order chi connectivity index (χ0) is 20.9. The molecule has 1 atom stereocenters. The van der Waals surface area contributed by atoms with Crippen molar-refractivity contribution in [2.45, 2.75) is 6.92 Å². The Labute approximate surface area is 180 Å². The standard InChI is InChI=1S/C28H21NOP/c1-16-18-9-5-4-8-17(18)14-22-25(16)27-26-20(12-13-29(27)2)28-21(15-23(26)30-22)19-10-6-7-11-24(19)31(28)3/h4-15H,1-3H3/q+1. The highest BCUT2D eigenvalue weighted by atomic mass is 31.1. The fraction of sp³-hybridized carbons (Fsp3) is 0.107. The number of fused-ring (bicyclic) bond motifs is 7. The summed E-state index contributed by atoms with van der Waals surface area (Å²) in [6.45, 7) is 4.62. The van der Waals surface area contributed by atoms with Crippen LogP contribution in [0.5, 0.6) is 0 Å². The van der Waals surface area contributed by atoms with Gasteiger partial charge >= 0.3 is 0 Å². The third kappa shape index (κ3) is 2.11. The van der Waals surface area contributed by atoms with Gasteiger partial charge in [-0.15, -0.1) is 0 Å². The van der Waals surface area contributed by atoms with E-state index in [1.807, 2.05) is 0 Å². The molecule has 0 fully saturated rings. The highest BCUT2D eigenvalue weighted by Gasteiger charge is 2.25. The Morgan fingerprint density at radius 2 is 1.52 bits per heavy atom. The minimum absolute atomic E-state index is 0.380. The van der Waals surface area contributed by atoms with Gasteiger partial charge in [0.2, 0.25) is 0 Å². The Bertz CT molecular complexity index is 1870. The van der Waals surface area contributed by atoms with Crippen LogP contribution in [0, 0.1) is 6.92 Å². The predicted octanol–water partition coefficient (Wildman–Crippen LogP) is 8.65. The molecule has 2 nitrogen and oxygen atoms in total. The van der Waals surface area contributed by atoms with Crippen LogP contribution in [-0.2, 0) is 13.7 Å². The van der Waals surface area contributed by atoms with E-state index in [0.29, 0.717) is 0 Å². The van der Waals surface area contributed by atoms with E-state index in [1.54, 1.807) is 0 Å². The Balaban J connectivity index is 1.84. The summed E-state index contributed by atoms with van der Waals surface area (Å²) in [4.78, 5) is 0. The lowest BCUT2D eigenvalue weighted by molar-refractivity contribution is 0.662. The quantitative estimate of drug-likeness (QED) is 0.178. The number of aryl methyl sites for hydroxylation is 3. The molecule has 3 aromatic heterocycles. The van der Waals surface area contributed by atoms with Gasteiger partial charge in [-0.05, 0) is 53.6 Å². The number of hydrogen-bond donors (Lipinski definition) is 0. The van der Waals surface area contributed by atoms with E-state index < -0.39 is 0 Å². The van der Waals surface area contributed by atoms with Crippen LogP contribution in [0.15, 0.2) is 77.3 Å². The number of aromatic nitrogens is 1. The molecule has 0 aliphatic heterocycles. The zero-order valence-electron chi connectivity index (χ0n) is 17.7. The Hall–Kier alpha value is -3.35. The summed E-state index contributed by atoms with van der Waals surface area (Å²) in [5.74, 6) is 0. The van der Waals surface area contributed by atoms with Crippen molar-refractivity contribution in [3.8, 4) is 0 Å². The van der Waals surface area contributed by atoms with Gasteiger partial charge in [-0.25, -0.2) is 0 Å². The fourth-order valence-corrected chi connectivity index (χ4v) is 7.77. The van der Waals surface area contributed by atoms with Crippen molar-refractivity contribution >= 4 is 72.2 Å². The average molecular weight is 418 g/mol. The van der Waals surface area contributed by atoms with Gasteiger partial charge in [0.25, 0.3) is 0 Å². The first-order valence-corrected chi connectivity index (χ1v) is 12.5. The molecule has 0 saturated carbocycles. The lowest BCUT2D eigenvalue weighted by atomic mass is 9.97. The monoisotopic (exact) mass is 418 g/mol. The van der Waals surface area contributed by atoms with Crippen LogP contribution in [0.3, 0.4) is 0 Å². The van der Waals surface area contributed by atoms with Gasteiger partial charge in [-0.3, -0.25) is 0 Å². The molecule has 3 heterocycles. The van der Waals surface area contributed by atoms with Crippen LogP contribution >= 0.6 is 7.53 Å². The normalized spacial score (nSPS) is 12.9. The van der Waals surface area contributed by atoms with Crippen LogP contribution in [0.2, 0.25) is 0 Å². The number of rotatable bonds is 0. The van der Waals surface area contributed by atoms with Gasteiger partial charge in [0.05, 0.1) is 10.9 Å². The Morgan fingerprint density at radius 3 is 2.39 bits per heavy atom. The van der Waals surface area contributed by atoms with Crippen LogP contribution in [0.1, 0.15) is 5.56 Å². The van der Waals surface area contributed by atoms with Gasteiger partial charge in [-0.1, -0.05) is 36.4 Å². The number of hydrogen-bond acceptors (Lipinski definition) is 1. The summed E-state index contributed by atoms with van der Waals surface area (Å²) in [5.41, 5.74) is 4.47. The average Bonchev–Trinajstić information content (AvgIpc) is 3.07. The molecule has 0 saturated heterocycles. The lowest BCUT2D eigenvalue weighted by Gasteiger charge is -2.15. The third-order valence-electron chi connectivity index (χ3n) is 6.98. The summed E-state index contributed by atoms with van der Waals surface area (Å²) in [6.07, 6.45) is 2.22. The maximum absolute atomic E-state index is 6.66. The molecule has 0 aliphatic rings. The van der Waals surface area contributed by atoms with E-state index in [1.165, 1.54) is 59.0 Å². The van der Waals surface area contributed by atoms with Crippen LogP contribution < -0.4 is 0 Å². The van der Waals surface area contributed by atoms with Crippen molar-refractivity contribution in [1.29, 1.82) is 0 Å². The van der Waals surface area contributed by atoms with Crippen LogP contribution in [0.25, 0.3) is 64.6 Å². The number of benzene rings is 4. The van der Waals surface area contributed by atoms with Crippen molar-refractivity contribution in [3.63, 3.8) is 0 Å². The Kier molecular flexibility index (Phi) is 3.28. The molecule has 3 heteroatoms. The molecule has 0 aliphatic carbocycles. The second-order valence-electron chi connectivity index (χ2n) is 8.61. The van der Waals surface area contributed by atoms with Crippen molar-refractivity contribution in [2.75, 3.05) is 0 Å². The van der Waals surface area contributed by atoms with Crippen molar-refractivity contribution < 1.29 is 4.42 Å². The lowest BCUT2D eigenvalue weighted by Crippen LogP contribution is -1.97. The third-order valence-corrected chi connectivity index (χ3v) is 9.24. The van der Waals surface area contributed by atoms with Crippen LogP contribution in [-0.4, -0.2) is 4.57 Å². The highest BCUT2D eigenvalue weighted by Crippen LogP contribution is 2.52. The second kappa shape index (κ2) is 5.87. The molecule has 0 radical (unpaired) electrons. The van der Waals surface area contributed by atoms with Gasteiger partial charge in [0.15, 0.2) is 10.2 Å². The molecule has 0 bridgehead atoms. The molecule has 1 unspecified atom stereocenters. The molecule has 31 heavy (non-hydrogen) atoms. The van der Waals surface area contributed by atoms with Crippen LogP contribution in [0.4, 0.5) is 0 Å². The van der Waals surface area contributed by atoms with Gasteiger partial charge < -0.3 is 8.98 Å². The van der Waals surface area contributed by atoms with Crippen molar-refractivity contribution in [1.82, 2.24) is 4.57 Å². The highest BCUT2D eigenvalue weighted by molar-refractivity contribution is 7.60. The van der Waals surface area contributed by atoms with Crippen molar-refractivity contribution in [3.05, 3.63) is 78.5 Å². The first-order chi connectivity index (χ1) is 15.1. The maximum atomic E-state index is 6.66. The minimum Gasteiger partial charge on any atom is -0.456 e. The van der Waals surface area contributed by atoms with E-state index in [4.69, 9.17) is 4.42 Å². The summed E-state index contributed by atoms with van der Waals surface area (Å²) in [7, 11) is 1.77. The number of pyridine rings is 1. The smallest absolute Gasteiger partial charge is 0.165 e. The molecule has 7 aromatic rings. The number of nitrogens with zero attached hydrogens (tertiary/aromatic N) is 1.